The van der Waals surface area contributed by atoms with Gasteiger partial charge in [-0.2, -0.15) is 0 Å². The Kier molecular flexibility index (Phi) is 3.51. The zero-order chi connectivity index (χ0) is 11.4. The van der Waals surface area contributed by atoms with Gasteiger partial charge in [0, 0.05) is 6.04 Å². The molecule has 82 valence electrons. The quantitative estimate of drug-likeness (QED) is 0.687. The summed E-state index contributed by atoms with van der Waals surface area (Å²) in [6.45, 7) is 0. The topological polar surface area (TPSA) is 92.8 Å². The van der Waals surface area contributed by atoms with Crippen molar-refractivity contribution in [1.29, 1.82) is 0 Å². The average Bonchev–Trinajstić information content (AvgIpc) is 2.15. The van der Waals surface area contributed by atoms with Crippen LogP contribution in [0.1, 0.15) is 18.0 Å². The lowest BCUT2D eigenvalue weighted by molar-refractivity contribution is -0.137. The van der Waals surface area contributed by atoms with Gasteiger partial charge in [0.05, 0.1) is 19.1 Å². The smallest absolute Gasteiger partial charge is 0.305 e. The molecule has 0 bridgehead atoms. The molecule has 0 fully saturated rings. The zero-order valence-electron chi connectivity index (χ0n) is 8.30. The van der Waals surface area contributed by atoms with E-state index in [-0.39, 0.29) is 12.2 Å². The van der Waals surface area contributed by atoms with Gasteiger partial charge in [-0.1, -0.05) is 6.07 Å². The van der Waals surface area contributed by atoms with Gasteiger partial charge in [-0.3, -0.25) is 4.79 Å². The Morgan fingerprint density at radius 3 is 2.80 bits per heavy atom. The number of aromatic hydroxyl groups is 1. The van der Waals surface area contributed by atoms with Crippen molar-refractivity contribution in [3.8, 4) is 11.5 Å². The van der Waals surface area contributed by atoms with E-state index in [0.29, 0.717) is 11.3 Å². The maximum atomic E-state index is 10.5. The van der Waals surface area contributed by atoms with Crippen LogP contribution in [0.15, 0.2) is 18.2 Å². The predicted octanol–water partition coefficient (Wildman–Crippen LogP) is 0.875. The molecule has 1 rings (SSSR count). The Bertz CT molecular complexity index is 364. The molecule has 5 heteroatoms. The highest BCUT2D eigenvalue weighted by molar-refractivity contribution is 5.68. The summed E-state index contributed by atoms with van der Waals surface area (Å²) in [6, 6.07) is 3.89. The molecule has 4 N–H and O–H groups in total. The van der Waals surface area contributed by atoms with Crippen molar-refractivity contribution in [3.63, 3.8) is 0 Å². The molecule has 1 aromatic carbocycles. The Morgan fingerprint density at radius 2 is 2.27 bits per heavy atom. The van der Waals surface area contributed by atoms with E-state index in [0.717, 1.165) is 0 Å². The lowest BCUT2D eigenvalue weighted by Crippen LogP contribution is -2.16. The fourth-order valence-corrected chi connectivity index (χ4v) is 1.37. The first-order valence-electron chi connectivity index (χ1n) is 4.39. The molecule has 1 unspecified atom stereocenters. The summed E-state index contributed by atoms with van der Waals surface area (Å²) >= 11 is 0. The molecular weight excluding hydrogens is 198 g/mol. The highest BCUT2D eigenvalue weighted by Gasteiger charge is 2.18. The van der Waals surface area contributed by atoms with Crippen LogP contribution in [0, 0.1) is 0 Å². The van der Waals surface area contributed by atoms with Gasteiger partial charge in [0.15, 0.2) is 0 Å². The molecule has 1 aromatic rings. The van der Waals surface area contributed by atoms with E-state index in [2.05, 4.69) is 0 Å². The van der Waals surface area contributed by atoms with E-state index in [1.807, 2.05) is 0 Å². The first kappa shape index (κ1) is 11.3. The summed E-state index contributed by atoms with van der Waals surface area (Å²) in [5.74, 6) is -0.681. The molecule has 0 amide bonds. The zero-order valence-corrected chi connectivity index (χ0v) is 8.30. The van der Waals surface area contributed by atoms with Crippen LogP contribution in [-0.2, 0) is 4.79 Å². The number of phenols is 1. The van der Waals surface area contributed by atoms with Crippen LogP contribution in [0.3, 0.4) is 0 Å². The number of methoxy groups -OCH3 is 1. The summed E-state index contributed by atoms with van der Waals surface area (Å²) in [5, 5.41) is 18.2. The fourth-order valence-electron chi connectivity index (χ4n) is 1.37. The third-order valence-corrected chi connectivity index (χ3v) is 2.03. The third kappa shape index (κ3) is 2.60. The maximum absolute atomic E-state index is 10.5. The highest BCUT2D eigenvalue weighted by Crippen LogP contribution is 2.33. The summed E-state index contributed by atoms with van der Waals surface area (Å²) in [4.78, 5) is 10.5. The number of nitrogens with two attached hydrogens (primary N) is 1. The number of carboxylic acid groups (broad SMARTS) is 1. The van der Waals surface area contributed by atoms with Crippen molar-refractivity contribution in [2.24, 2.45) is 5.73 Å². The molecule has 0 saturated heterocycles. The SMILES string of the molecule is COc1cccc(O)c1C(N)CC(=O)O. The number of hydrogen-bond acceptors (Lipinski definition) is 4. The van der Waals surface area contributed by atoms with Gasteiger partial charge in [0.1, 0.15) is 11.5 Å². The van der Waals surface area contributed by atoms with E-state index in [4.69, 9.17) is 15.6 Å². The molecule has 0 aliphatic heterocycles. The molecule has 0 spiro atoms. The van der Waals surface area contributed by atoms with Gasteiger partial charge in [0.25, 0.3) is 0 Å². The third-order valence-electron chi connectivity index (χ3n) is 2.03. The van der Waals surface area contributed by atoms with Gasteiger partial charge < -0.3 is 20.7 Å². The molecule has 0 aliphatic carbocycles. The lowest BCUT2D eigenvalue weighted by atomic mass is 10.0. The van der Waals surface area contributed by atoms with Gasteiger partial charge in [-0.25, -0.2) is 0 Å². The number of rotatable bonds is 4. The fraction of sp³-hybridized carbons (Fsp3) is 0.300. The van der Waals surface area contributed by atoms with Crippen molar-refractivity contribution in [2.45, 2.75) is 12.5 Å². The van der Waals surface area contributed by atoms with Crippen molar-refractivity contribution in [3.05, 3.63) is 23.8 Å². The molecule has 5 nitrogen and oxygen atoms in total. The van der Waals surface area contributed by atoms with Gasteiger partial charge >= 0.3 is 5.97 Å². The minimum Gasteiger partial charge on any atom is -0.507 e. The first-order chi connectivity index (χ1) is 7.06. The van der Waals surface area contributed by atoms with Crippen LogP contribution >= 0.6 is 0 Å². The van der Waals surface area contributed by atoms with Gasteiger partial charge in [0.2, 0.25) is 0 Å². The van der Waals surface area contributed by atoms with Crippen LogP contribution in [0.5, 0.6) is 11.5 Å². The van der Waals surface area contributed by atoms with Crippen molar-refractivity contribution >= 4 is 5.97 Å². The van der Waals surface area contributed by atoms with Crippen LogP contribution < -0.4 is 10.5 Å². The Labute approximate surface area is 87.1 Å². The highest BCUT2D eigenvalue weighted by atomic mass is 16.5. The van der Waals surface area contributed by atoms with Crippen molar-refractivity contribution in [2.75, 3.05) is 7.11 Å². The predicted molar refractivity (Wildman–Crippen MR) is 53.8 cm³/mol. The number of aliphatic carboxylic acids is 1. The van der Waals surface area contributed by atoms with Crippen molar-refractivity contribution in [1.82, 2.24) is 0 Å². The van der Waals surface area contributed by atoms with E-state index in [1.165, 1.54) is 13.2 Å². The molecule has 1 atom stereocenters. The van der Waals surface area contributed by atoms with Crippen molar-refractivity contribution < 1.29 is 19.7 Å². The summed E-state index contributed by atoms with van der Waals surface area (Å²) in [6.07, 6.45) is -0.256. The van der Waals surface area contributed by atoms with Crippen LogP contribution in [-0.4, -0.2) is 23.3 Å². The van der Waals surface area contributed by atoms with Crippen LogP contribution in [0.4, 0.5) is 0 Å². The normalized spacial score (nSPS) is 12.1. The van der Waals surface area contributed by atoms with Crippen LogP contribution in [0.2, 0.25) is 0 Å². The standard InChI is InChI=1S/C10H13NO4/c1-15-8-4-2-3-7(12)10(8)6(11)5-9(13)14/h2-4,6,12H,5,11H2,1H3,(H,13,14). The summed E-state index contributed by atoms with van der Waals surface area (Å²) in [7, 11) is 1.44. The number of ether oxygens (including phenoxy) is 1. The maximum Gasteiger partial charge on any atom is 0.305 e. The molecule has 0 radical (unpaired) electrons. The number of hydrogen-bond donors (Lipinski definition) is 3. The van der Waals surface area contributed by atoms with Gasteiger partial charge in [-0.05, 0) is 12.1 Å². The number of carbonyl (C=O) groups is 1. The average molecular weight is 211 g/mol. The Balaban J connectivity index is 3.05. The van der Waals surface area contributed by atoms with E-state index in [1.54, 1.807) is 12.1 Å². The number of carboxylic acids is 1. The molecule has 0 aliphatic rings. The summed E-state index contributed by atoms with van der Waals surface area (Å²) < 4.78 is 5.00. The molecule has 0 saturated carbocycles. The minimum atomic E-state index is -1.02. The van der Waals surface area contributed by atoms with Gasteiger partial charge in [-0.15, -0.1) is 0 Å². The minimum absolute atomic E-state index is 0.0527. The number of benzene rings is 1. The molecular formula is C10H13NO4. The van der Waals surface area contributed by atoms with E-state index >= 15 is 0 Å². The second-order valence-corrected chi connectivity index (χ2v) is 3.10. The monoisotopic (exact) mass is 211 g/mol. The largest absolute Gasteiger partial charge is 0.507 e. The lowest BCUT2D eigenvalue weighted by Gasteiger charge is -2.15. The van der Waals surface area contributed by atoms with Crippen LogP contribution in [0.25, 0.3) is 0 Å². The Hall–Kier alpha value is -1.75. The summed E-state index contributed by atoms with van der Waals surface area (Å²) in [5.41, 5.74) is 5.97. The second-order valence-electron chi connectivity index (χ2n) is 3.10. The van der Waals surface area contributed by atoms with E-state index in [9.17, 15) is 9.90 Å². The first-order valence-corrected chi connectivity index (χ1v) is 4.39. The Morgan fingerprint density at radius 1 is 1.60 bits per heavy atom. The second kappa shape index (κ2) is 4.65. The molecule has 0 aromatic heterocycles. The number of phenolic OH excluding ortho intramolecular Hbond substituents is 1. The molecule has 15 heavy (non-hydrogen) atoms. The van der Waals surface area contributed by atoms with E-state index < -0.39 is 12.0 Å². The molecule has 0 heterocycles.